The van der Waals surface area contributed by atoms with Gasteiger partial charge in [-0.2, -0.15) is 0 Å². The monoisotopic (exact) mass is 636 g/mol. The van der Waals surface area contributed by atoms with Crippen LogP contribution in [0.3, 0.4) is 0 Å². The SMILES string of the molecule is C#CCON=C(C(=O)NC1C(=O)N2C(C(=O)O)=C(CSc3nnnn3CCN)CS[C@@H]12)c1csc(N)n1.Cl.Cl. The molecule has 0 radical (unpaired) electrons. The third-order valence-electron chi connectivity index (χ3n) is 5.04. The van der Waals surface area contributed by atoms with Gasteiger partial charge in [-0.15, -0.1) is 59.4 Å². The molecule has 2 amide bonds. The molecule has 2 aromatic rings. The summed E-state index contributed by atoms with van der Waals surface area (Å²) in [7, 11) is 0. The second-order valence-electron chi connectivity index (χ2n) is 7.37. The molecule has 39 heavy (non-hydrogen) atoms. The van der Waals surface area contributed by atoms with E-state index in [0.717, 1.165) is 11.3 Å². The van der Waals surface area contributed by atoms with Crippen LogP contribution in [0.1, 0.15) is 5.69 Å². The van der Waals surface area contributed by atoms with Crippen molar-refractivity contribution in [2.24, 2.45) is 10.9 Å². The zero-order valence-electron chi connectivity index (χ0n) is 19.8. The summed E-state index contributed by atoms with van der Waals surface area (Å²) in [5, 5.41) is 29.2. The van der Waals surface area contributed by atoms with Crippen molar-refractivity contribution < 1.29 is 24.3 Å². The molecular weight excluding hydrogens is 615 g/mol. The number of nitrogens with zero attached hydrogens (tertiary/aromatic N) is 7. The van der Waals surface area contributed by atoms with Crippen molar-refractivity contribution in [1.82, 2.24) is 35.4 Å². The van der Waals surface area contributed by atoms with E-state index in [1.807, 2.05) is 0 Å². The molecule has 15 nitrogen and oxygen atoms in total. The quantitative estimate of drug-likeness (QED) is 0.0605. The average molecular weight is 638 g/mol. The van der Waals surface area contributed by atoms with E-state index in [1.54, 1.807) is 0 Å². The van der Waals surface area contributed by atoms with Crippen molar-refractivity contribution in [3.63, 3.8) is 0 Å². The molecule has 4 heterocycles. The Morgan fingerprint density at radius 3 is 2.82 bits per heavy atom. The van der Waals surface area contributed by atoms with Crippen LogP contribution in [0.5, 0.6) is 0 Å². The number of terminal acetylenes is 1. The molecule has 0 aliphatic carbocycles. The molecule has 1 fully saturated rings. The number of fused-ring (bicyclic) bond motifs is 1. The summed E-state index contributed by atoms with van der Waals surface area (Å²) in [6, 6.07) is -0.980. The average Bonchev–Trinajstić information content (AvgIpc) is 3.51. The third kappa shape index (κ3) is 6.93. The number of hydrogen-bond donors (Lipinski definition) is 4. The van der Waals surface area contributed by atoms with E-state index in [9.17, 15) is 19.5 Å². The molecule has 6 N–H and O–H groups in total. The zero-order chi connectivity index (χ0) is 26.5. The Bertz CT molecular complexity index is 1330. The molecule has 0 saturated carbocycles. The van der Waals surface area contributed by atoms with Crippen LogP contribution in [0.15, 0.2) is 27.0 Å². The third-order valence-corrected chi connectivity index (χ3v) is 8.09. The molecule has 210 valence electrons. The number of amides is 2. The van der Waals surface area contributed by atoms with Gasteiger partial charge in [-0.25, -0.2) is 14.5 Å². The second kappa shape index (κ2) is 14.3. The Morgan fingerprint density at radius 1 is 1.41 bits per heavy atom. The molecule has 4 rings (SSSR count). The van der Waals surface area contributed by atoms with Gasteiger partial charge in [-0.1, -0.05) is 22.8 Å². The topological polar surface area (TPSA) is 217 Å². The normalized spacial score (nSPS) is 18.2. The van der Waals surface area contributed by atoms with Gasteiger partial charge in [0.1, 0.15) is 22.8 Å². The van der Waals surface area contributed by atoms with Crippen molar-refractivity contribution in [2.75, 3.05) is 30.4 Å². The van der Waals surface area contributed by atoms with Crippen molar-refractivity contribution in [1.29, 1.82) is 0 Å². The molecule has 0 aromatic carbocycles. The number of carbonyl (C=O) groups is 3. The number of nitrogens with two attached hydrogens (primary N) is 2. The predicted molar refractivity (Wildman–Crippen MR) is 150 cm³/mol. The molecular formula is C19H22Cl2N10O5S3. The Kier molecular flexibility index (Phi) is 11.8. The Morgan fingerprint density at radius 2 is 2.18 bits per heavy atom. The molecule has 2 aliphatic heterocycles. The molecule has 2 atom stereocenters. The lowest BCUT2D eigenvalue weighted by atomic mass is 10.0. The maximum atomic E-state index is 13.0. The summed E-state index contributed by atoms with van der Waals surface area (Å²) >= 11 is 3.67. The number of carbonyl (C=O) groups excluding carboxylic acids is 2. The van der Waals surface area contributed by atoms with E-state index in [0.29, 0.717) is 29.6 Å². The van der Waals surface area contributed by atoms with E-state index in [4.69, 9.17) is 22.7 Å². The van der Waals surface area contributed by atoms with Gasteiger partial charge in [0.05, 0.1) is 6.54 Å². The number of oxime groups is 1. The number of carboxylic acid groups (broad SMARTS) is 1. The highest BCUT2D eigenvalue weighted by atomic mass is 35.5. The van der Waals surface area contributed by atoms with Gasteiger partial charge in [-0.3, -0.25) is 14.5 Å². The van der Waals surface area contributed by atoms with Crippen LogP contribution >= 0.6 is 59.7 Å². The molecule has 2 aliphatic rings. The number of carboxylic acids is 1. The lowest BCUT2D eigenvalue weighted by Crippen LogP contribution is -2.71. The van der Waals surface area contributed by atoms with Crippen LogP contribution in [0.4, 0.5) is 5.13 Å². The molecule has 0 spiro atoms. The zero-order valence-corrected chi connectivity index (χ0v) is 23.8. The van der Waals surface area contributed by atoms with E-state index in [1.165, 1.54) is 38.5 Å². The molecule has 20 heteroatoms. The smallest absolute Gasteiger partial charge is 0.352 e. The number of hydrogen-bond acceptors (Lipinski definition) is 14. The van der Waals surface area contributed by atoms with Gasteiger partial charge in [-0.05, 0) is 16.0 Å². The molecule has 2 aromatic heterocycles. The maximum absolute atomic E-state index is 13.0. The van der Waals surface area contributed by atoms with Crippen molar-refractivity contribution in [2.45, 2.75) is 23.1 Å². The molecule has 1 unspecified atom stereocenters. The molecule has 1 saturated heterocycles. The number of halogens is 2. The number of thioether (sulfide) groups is 2. The number of thiazole rings is 1. The lowest BCUT2D eigenvalue weighted by Gasteiger charge is -2.49. The van der Waals surface area contributed by atoms with Crippen molar-refractivity contribution >= 4 is 88.3 Å². The Balaban J connectivity index is 0.00000267. The van der Waals surface area contributed by atoms with Crippen LogP contribution < -0.4 is 16.8 Å². The molecule has 0 bridgehead atoms. The highest BCUT2D eigenvalue weighted by Crippen LogP contribution is 2.41. The number of β-lactam (4-membered cyclic amide) rings is 1. The fourth-order valence-electron chi connectivity index (χ4n) is 3.45. The number of nitrogen functional groups attached to an aromatic ring is 1. The van der Waals surface area contributed by atoms with E-state index < -0.39 is 29.2 Å². The van der Waals surface area contributed by atoms with E-state index in [-0.39, 0.29) is 59.4 Å². The summed E-state index contributed by atoms with van der Waals surface area (Å²) < 4.78 is 1.52. The maximum Gasteiger partial charge on any atom is 0.352 e. The predicted octanol–water partition coefficient (Wildman–Crippen LogP) is -0.601. The highest BCUT2D eigenvalue weighted by Gasteiger charge is 2.54. The van der Waals surface area contributed by atoms with Crippen molar-refractivity contribution in [3.8, 4) is 12.3 Å². The first-order valence-electron chi connectivity index (χ1n) is 10.5. The van der Waals surface area contributed by atoms with Crippen LogP contribution in [-0.2, 0) is 25.8 Å². The largest absolute Gasteiger partial charge is 0.477 e. The number of anilines is 1. The van der Waals surface area contributed by atoms with Gasteiger partial charge in [0.25, 0.3) is 11.8 Å². The highest BCUT2D eigenvalue weighted by molar-refractivity contribution is 8.01. The Hall–Kier alpha value is -3.08. The van der Waals surface area contributed by atoms with Gasteiger partial charge < -0.3 is 26.7 Å². The number of nitrogens with one attached hydrogen (secondary N) is 1. The summed E-state index contributed by atoms with van der Waals surface area (Å²) in [6.45, 7) is 0.569. The van der Waals surface area contributed by atoms with Crippen LogP contribution in [0.25, 0.3) is 0 Å². The van der Waals surface area contributed by atoms with Gasteiger partial charge >= 0.3 is 5.97 Å². The lowest BCUT2D eigenvalue weighted by molar-refractivity contribution is -0.150. The summed E-state index contributed by atoms with van der Waals surface area (Å²) in [5.41, 5.74) is 11.6. The number of aromatic nitrogens is 5. The number of rotatable bonds is 11. The van der Waals surface area contributed by atoms with E-state index >= 15 is 0 Å². The van der Waals surface area contributed by atoms with E-state index in [2.05, 4.69) is 36.9 Å². The van der Waals surface area contributed by atoms with Crippen LogP contribution in [-0.4, -0.2) is 94.8 Å². The number of tetrazole rings is 1. The summed E-state index contributed by atoms with van der Waals surface area (Å²) in [5.74, 6) is 0.243. The minimum Gasteiger partial charge on any atom is -0.477 e. The number of aliphatic carboxylic acids is 1. The van der Waals surface area contributed by atoms with Gasteiger partial charge in [0.2, 0.25) is 5.16 Å². The van der Waals surface area contributed by atoms with Gasteiger partial charge in [0.15, 0.2) is 17.5 Å². The summed E-state index contributed by atoms with van der Waals surface area (Å²) in [4.78, 5) is 48.2. The first kappa shape index (κ1) is 32.1. The van der Waals surface area contributed by atoms with Gasteiger partial charge in [0, 0.05) is 23.4 Å². The van der Waals surface area contributed by atoms with Crippen molar-refractivity contribution in [3.05, 3.63) is 22.3 Å². The minimum atomic E-state index is -1.25. The second-order valence-corrected chi connectivity index (χ2v) is 10.3. The van der Waals surface area contributed by atoms with Crippen LogP contribution in [0.2, 0.25) is 0 Å². The standard InChI is InChI=1S/C19H20N10O5S3.2ClH/c1-2-5-34-25-11(10-8-36-18(21)22-10)14(30)23-12-15(31)29-13(17(32)33)9(6-35-16(12)29)7-37-19-24-26-27-28(19)4-3-20;;/h1,8,12,16H,3-7,20H2,(H2,21,22)(H,23,30)(H,32,33);2*1H/t12?,16-;;/m0../s1. The minimum absolute atomic E-state index is 0. The Labute approximate surface area is 246 Å². The summed E-state index contributed by atoms with van der Waals surface area (Å²) in [6.07, 6.45) is 5.15. The first-order valence-corrected chi connectivity index (χ1v) is 13.4. The fourth-order valence-corrected chi connectivity index (χ4v) is 6.39. The first-order chi connectivity index (χ1) is 17.8. The van der Waals surface area contributed by atoms with Crippen LogP contribution in [0, 0.1) is 12.3 Å². The fraction of sp³-hybridized carbons (Fsp3) is 0.368.